The van der Waals surface area contributed by atoms with Gasteiger partial charge in [-0.2, -0.15) is 0 Å². The number of carbonyl (C=O) groups is 1. The molecule has 1 heterocycles. The van der Waals surface area contributed by atoms with Gasteiger partial charge in [0.1, 0.15) is 5.82 Å². The van der Waals surface area contributed by atoms with Crippen molar-refractivity contribution in [3.05, 3.63) is 51.9 Å². The zero-order valence-electron chi connectivity index (χ0n) is 9.45. The third-order valence-corrected chi connectivity index (χ3v) is 2.84. The van der Waals surface area contributed by atoms with E-state index >= 15 is 0 Å². The van der Waals surface area contributed by atoms with Crippen LogP contribution in [0.5, 0.6) is 0 Å². The molecule has 0 unspecified atom stereocenters. The Balaban J connectivity index is 2.22. The van der Waals surface area contributed by atoms with E-state index < -0.39 is 11.7 Å². The fourth-order valence-electron chi connectivity index (χ4n) is 1.37. The van der Waals surface area contributed by atoms with Crippen LogP contribution in [0.2, 0.25) is 10.0 Å². The van der Waals surface area contributed by atoms with Crippen LogP contribution in [0.4, 0.5) is 15.9 Å². The number of nitrogens with two attached hydrogens (primary N) is 1. The van der Waals surface area contributed by atoms with E-state index in [0.29, 0.717) is 17.1 Å². The lowest BCUT2D eigenvalue weighted by Gasteiger charge is -2.07. The molecule has 0 aliphatic rings. The Morgan fingerprint density at radius 2 is 1.89 bits per heavy atom. The first-order valence-electron chi connectivity index (χ1n) is 5.15. The Labute approximate surface area is 118 Å². The third-order valence-electron chi connectivity index (χ3n) is 2.29. The lowest BCUT2D eigenvalue weighted by atomic mass is 10.2. The molecule has 7 heteroatoms. The number of benzene rings is 1. The van der Waals surface area contributed by atoms with Crippen molar-refractivity contribution in [3.8, 4) is 0 Å². The van der Waals surface area contributed by atoms with Crippen LogP contribution < -0.4 is 11.1 Å². The highest BCUT2D eigenvalue weighted by Crippen LogP contribution is 2.27. The van der Waals surface area contributed by atoms with Crippen LogP contribution >= 0.6 is 23.2 Å². The topological polar surface area (TPSA) is 68.0 Å². The van der Waals surface area contributed by atoms with Crippen molar-refractivity contribution < 1.29 is 9.18 Å². The molecule has 0 saturated carbocycles. The molecule has 1 aromatic carbocycles. The van der Waals surface area contributed by atoms with Gasteiger partial charge >= 0.3 is 0 Å². The fraction of sp³-hybridized carbons (Fsp3) is 0. The molecule has 1 amide bonds. The molecule has 0 atom stereocenters. The quantitative estimate of drug-likeness (QED) is 0.836. The number of aromatic nitrogens is 1. The monoisotopic (exact) mass is 299 g/mol. The second kappa shape index (κ2) is 5.42. The Kier molecular flexibility index (Phi) is 3.87. The normalized spacial score (nSPS) is 10.3. The molecule has 98 valence electrons. The zero-order valence-corrected chi connectivity index (χ0v) is 11.0. The van der Waals surface area contributed by atoms with E-state index in [1.54, 1.807) is 0 Å². The molecule has 2 aromatic rings. The Bertz CT molecular complexity index is 608. The summed E-state index contributed by atoms with van der Waals surface area (Å²) in [4.78, 5) is 15.7. The Morgan fingerprint density at radius 1 is 1.26 bits per heavy atom. The van der Waals surface area contributed by atoms with Gasteiger partial charge in [0, 0.05) is 11.9 Å². The molecule has 0 aliphatic heterocycles. The lowest BCUT2D eigenvalue weighted by Crippen LogP contribution is -2.12. The predicted molar refractivity (Wildman–Crippen MR) is 73.0 cm³/mol. The first-order valence-corrected chi connectivity index (χ1v) is 5.90. The molecule has 1 aromatic heterocycles. The van der Waals surface area contributed by atoms with Crippen molar-refractivity contribution in [2.75, 3.05) is 11.1 Å². The summed E-state index contributed by atoms with van der Waals surface area (Å²) in [6.07, 6.45) is 1.33. The maximum absolute atomic E-state index is 13.2. The second-order valence-electron chi connectivity index (χ2n) is 3.68. The molecule has 0 fully saturated rings. The van der Waals surface area contributed by atoms with Gasteiger partial charge in [-0.05, 0) is 24.3 Å². The van der Waals surface area contributed by atoms with Crippen LogP contribution in [-0.4, -0.2) is 10.9 Å². The number of hydrogen-bond acceptors (Lipinski definition) is 3. The molecule has 19 heavy (non-hydrogen) atoms. The highest BCUT2D eigenvalue weighted by atomic mass is 35.5. The number of nitrogen functional groups attached to an aromatic ring is 1. The van der Waals surface area contributed by atoms with E-state index in [2.05, 4.69) is 10.3 Å². The van der Waals surface area contributed by atoms with Crippen molar-refractivity contribution in [2.45, 2.75) is 0 Å². The molecule has 0 saturated heterocycles. The van der Waals surface area contributed by atoms with E-state index in [0.717, 1.165) is 0 Å². The minimum Gasteiger partial charge on any atom is -0.384 e. The molecular formula is C12H8Cl2FN3O. The van der Waals surface area contributed by atoms with Crippen molar-refractivity contribution in [2.24, 2.45) is 0 Å². The number of nitrogens with zero attached hydrogens (tertiary/aromatic N) is 1. The maximum atomic E-state index is 13.2. The van der Waals surface area contributed by atoms with Crippen molar-refractivity contribution in [1.29, 1.82) is 0 Å². The summed E-state index contributed by atoms with van der Waals surface area (Å²) in [6.45, 7) is 0. The number of halogens is 3. The van der Waals surface area contributed by atoms with Gasteiger partial charge in [0.25, 0.3) is 5.91 Å². The number of amides is 1. The molecule has 0 aliphatic carbocycles. The van der Waals surface area contributed by atoms with Crippen LogP contribution in [-0.2, 0) is 0 Å². The minimum atomic E-state index is -0.726. The van der Waals surface area contributed by atoms with Crippen LogP contribution in [0.1, 0.15) is 10.4 Å². The molecule has 0 radical (unpaired) electrons. The summed E-state index contributed by atoms with van der Waals surface area (Å²) in [6, 6.07) is 5.56. The van der Waals surface area contributed by atoms with Crippen molar-refractivity contribution >= 4 is 40.6 Å². The zero-order chi connectivity index (χ0) is 14.0. The minimum absolute atomic E-state index is 0.168. The Morgan fingerprint density at radius 3 is 2.42 bits per heavy atom. The number of pyridine rings is 1. The number of carbonyl (C=O) groups excluding carboxylic acids is 1. The van der Waals surface area contributed by atoms with Gasteiger partial charge in [0.2, 0.25) is 0 Å². The molecular weight excluding hydrogens is 292 g/mol. The summed E-state index contributed by atoms with van der Waals surface area (Å²) >= 11 is 11.3. The Hall–Kier alpha value is -1.85. The molecule has 0 spiro atoms. The van der Waals surface area contributed by atoms with E-state index in [-0.39, 0.29) is 10.0 Å². The average molecular weight is 300 g/mol. The predicted octanol–water partition coefficient (Wildman–Crippen LogP) is 3.36. The summed E-state index contributed by atoms with van der Waals surface area (Å²) in [5, 5.41) is 2.19. The van der Waals surface area contributed by atoms with E-state index in [9.17, 15) is 9.18 Å². The van der Waals surface area contributed by atoms with E-state index in [1.807, 2.05) is 0 Å². The fourth-order valence-corrected chi connectivity index (χ4v) is 1.86. The first kappa shape index (κ1) is 13.6. The van der Waals surface area contributed by atoms with Gasteiger partial charge in [0.05, 0.1) is 15.6 Å². The molecule has 2 rings (SSSR count). The number of rotatable bonds is 2. The highest BCUT2D eigenvalue weighted by Gasteiger charge is 2.11. The standard InChI is InChI=1S/C12H8Cl2FN3O/c13-8-3-7(4-9(14)11(8)15)18-12(19)6-1-2-10(16)17-5-6/h1-5H,(H2,16,17)(H,18,19). The van der Waals surface area contributed by atoms with Gasteiger partial charge in [-0.3, -0.25) is 4.79 Å². The number of nitrogens with one attached hydrogen (secondary N) is 1. The molecule has 0 bridgehead atoms. The van der Waals surface area contributed by atoms with E-state index in [4.69, 9.17) is 28.9 Å². The van der Waals surface area contributed by atoms with Crippen LogP contribution in [0.25, 0.3) is 0 Å². The smallest absolute Gasteiger partial charge is 0.257 e. The lowest BCUT2D eigenvalue weighted by molar-refractivity contribution is 0.102. The molecule has 3 N–H and O–H groups in total. The van der Waals surface area contributed by atoms with E-state index in [1.165, 1.54) is 30.5 Å². The van der Waals surface area contributed by atoms with Gasteiger partial charge in [-0.25, -0.2) is 9.37 Å². The van der Waals surface area contributed by atoms with Gasteiger partial charge in [-0.1, -0.05) is 23.2 Å². The average Bonchev–Trinajstić information content (AvgIpc) is 2.36. The van der Waals surface area contributed by atoms with Crippen molar-refractivity contribution in [3.63, 3.8) is 0 Å². The maximum Gasteiger partial charge on any atom is 0.257 e. The van der Waals surface area contributed by atoms with Crippen LogP contribution in [0.15, 0.2) is 30.5 Å². The summed E-state index contributed by atoms with van der Waals surface area (Å²) < 4.78 is 13.2. The number of hydrogen-bond donors (Lipinski definition) is 2. The van der Waals surface area contributed by atoms with Crippen LogP contribution in [0.3, 0.4) is 0 Å². The van der Waals surface area contributed by atoms with Gasteiger partial charge < -0.3 is 11.1 Å². The summed E-state index contributed by atoms with van der Waals surface area (Å²) in [5.74, 6) is -0.842. The van der Waals surface area contributed by atoms with Crippen molar-refractivity contribution in [1.82, 2.24) is 4.98 Å². The van der Waals surface area contributed by atoms with Crippen LogP contribution in [0, 0.1) is 5.82 Å². The third kappa shape index (κ3) is 3.13. The first-order chi connectivity index (χ1) is 8.97. The second-order valence-corrected chi connectivity index (χ2v) is 4.49. The SMILES string of the molecule is Nc1ccc(C(=O)Nc2cc(Cl)c(F)c(Cl)c2)cn1. The highest BCUT2D eigenvalue weighted by molar-refractivity contribution is 6.35. The largest absolute Gasteiger partial charge is 0.384 e. The molecule has 4 nitrogen and oxygen atoms in total. The summed E-state index contributed by atoms with van der Waals surface area (Å²) in [7, 11) is 0. The van der Waals surface area contributed by atoms with Gasteiger partial charge in [-0.15, -0.1) is 0 Å². The number of anilines is 2. The summed E-state index contributed by atoms with van der Waals surface area (Å²) in [5.41, 5.74) is 6.02. The van der Waals surface area contributed by atoms with Gasteiger partial charge in [0.15, 0.2) is 5.82 Å².